The number of nitrogens with zero attached hydrogens (tertiary/aromatic N) is 3. The van der Waals surface area contributed by atoms with Gasteiger partial charge in [-0.3, -0.25) is 20.2 Å². The molecule has 3 rings (SSSR count). The molecular formula is C22H26ClN5O4S. The fourth-order valence-electron chi connectivity index (χ4n) is 3.56. The molecule has 1 aliphatic rings. The van der Waals surface area contributed by atoms with Crippen LogP contribution in [0.3, 0.4) is 0 Å². The minimum Gasteiger partial charge on any atom is -0.487 e. The van der Waals surface area contributed by atoms with E-state index in [0.717, 1.165) is 44.5 Å². The Morgan fingerprint density at radius 1 is 1.18 bits per heavy atom. The molecule has 0 unspecified atom stereocenters. The Morgan fingerprint density at radius 2 is 1.91 bits per heavy atom. The number of rotatable bonds is 7. The van der Waals surface area contributed by atoms with Crippen LogP contribution in [0.25, 0.3) is 0 Å². The molecule has 0 spiro atoms. The van der Waals surface area contributed by atoms with Crippen LogP contribution in [-0.4, -0.2) is 60.2 Å². The number of likely N-dealkylation sites (N-methyl/N-ethyl adjacent to an activating group) is 1. The van der Waals surface area contributed by atoms with Crippen LogP contribution in [-0.2, 0) is 0 Å². The molecule has 0 atom stereocenters. The molecule has 0 bridgehead atoms. The Hall–Kier alpha value is -2.95. The quantitative estimate of drug-likeness (QED) is 0.341. The number of hydrogen-bond acceptors (Lipinski definition) is 7. The van der Waals surface area contributed by atoms with Gasteiger partial charge in [0.05, 0.1) is 22.2 Å². The highest BCUT2D eigenvalue weighted by Gasteiger charge is 2.20. The fraction of sp³-hybridized carbons (Fsp3) is 0.364. The van der Waals surface area contributed by atoms with Crippen LogP contribution < -0.4 is 20.3 Å². The average Bonchev–Trinajstić information content (AvgIpc) is 2.79. The molecule has 2 aromatic carbocycles. The van der Waals surface area contributed by atoms with Gasteiger partial charge in [0.1, 0.15) is 0 Å². The monoisotopic (exact) mass is 491 g/mol. The van der Waals surface area contributed by atoms with Gasteiger partial charge >= 0.3 is 5.69 Å². The van der Waals surface area contributed by atoms with E-state index in [-0.39, 0.29) is 28.7 Å². The summed E-state index contributed by atoms with van der Waals surface area (Å²) in [6.07, 6.45) is 0. The van der Waals surface area contributed by atoms with Crippen molar-refractivity contribution in [3.8, 4) is 5.75 Å². The number of nitro benzene ring substituents is 1. The van der Waals surface area contributed by atoms with E-state index >= 15 is 0 Å². The van der Waals surface area contributed by atoms with Crippen molar-refractivity contribution < 1.29 is 14.5 Å². The molecule has 0 radical (unpaired) electrons. The van der Waals surface area contributed by atoms with Gasteiger partial charge in [-0.05, 0) is 56.0 Å². The zero-order valence-corrected chi connectivity index (χ0v) is 20.0. The maximum Gasteiger partial charge on any atom is 0.311 e. The Labute approximate surface area is 202 Å². The number of anilines is 2. The largest absolute Gasteiger partial charge is 0.487 e. The normalized spacial score (nSPS) is 14.0. The number of nitrogens with one attached hydrogen (secondary N) is 2. The van der Waals surface area contributed by atoms with Crippen molar-refractivity contribution in [3.05, 3.63) is 57.1 Å². The van der Waals surface area contributed by atoms with Crippen molar-refractivity contribution in [1.29, 1.82) is 0 Å². The molecule has 0 aromatic heterocycles. The number of carbonyl (C=O) groups excluding carboxylic acids is 1. The summed E-state index contributed by atoms with van der Waals surface area (Å²) in [5, 5.41) is 17.4. The van der Waals surface area contributed by atoms with Crippen LogP contribution in [0.15, 0.2) is 36.4 Å². The first-order chi connectivity index (χ1) is 15.8. The molecule has 33 heavy (non-hydrogen) atoms. The molecule has 2 aromatic rings. The molecule has 11 heteroatoms. The van der Waals surface area contributed by atoms with Crippen LogP contribution in [0.1, 0.15) is 24.2 Å². The van der Waals surface area contributed by atoms with Gasteiger partial charge in [-0.2, -0.15) is 0 Å². The van der Waals surface area contributed by atoms with E-state index in [9.17, 15) is 14.9 Å². The lowest BCUT2D eigenvalue weighted by Crippen LogP contribution is -2.46. The fourth-order valence-corrected chi connectivity index (χ4v) is 4.07. The van der Waals surface area contributed by atoms with Gasteiger partial charge in [0.15, 0.2) is 10.9 Å². The molecule has 1 heterocycles. The van der Waals surface area contributed by atoms with Crippen molar-refractivity contribution in [3.63, 3.8) is 0 Å². The molecule has 1 aliphatic heterocycles. The third kappa shape index (κ3) is 6.31. The number of thiocarbonyl (C=S) groups is 1. The summed E-state index contributed by atoms with van der Waals surface area (Å²) < 4.78 is 5.24. The Kier molecular flexibility index (Phi) is 8.43. The van der Waals surface area contributed by atoms with Crippen molar-refractivity contribution in [2.75, 3.05) is 49.5 Å². The van der Waals surface area contributed by atoms with Crippen LogP contribution >= 0.6 is 23.8 Å². The molecule has 1 amide bonds. The number of halogens is 1. The van der Waals surface area contributed by atoms with Gasteiger partial charge in [-0.1, -0.05) is 18.5 Å². The van der Waals surface area contributed by atoms with E-state index in [1.165, 1.54) is 12.1 Å². The SMILES string of the molecule is CCOc1ccc(C(=O)NC(=S)Nc2ccc(N3CCN(CC)CC3)c(Cl)c2)cc1[N+](=O)[O-]. The lowest BCUT2D eigenvalue weighted by molar-refractivity contribution is -0.385. The zero-order chi connectivity index (χ0) is 24.0. The number of ether oxygens (including phenoxy) is 1. The minimum absolute atomic E-state index is 0.0527. The van der Waals surface area contributed by atoms with E-state index in [1.54, 1.807) is 13.0 Å². The van der Waals surface area contributed by atoms with Crippen molar-refractivity contribution in [2.45, 2.75) is 13.8 Å². The van der Waals surface area contributed by atoms with Crippen LogP contribution in [0.2, 0.25) is 5.02 Å². The molecule has 0 saturated carbocycles. The number of carbonyl (C=O) groups is 1. The second-order valence-electron chi connectivity index (χ2n) is 7.37. The van der Waals surface area contributed by atoms with Crippen LogP contribution in [0.4, 0.5) is 17.1 Å². The predicted molar refractivity (Wildman–Crippen MR) is 134 cm³/mol. The van der Waals surface area contributed by atoms with E-state index in [0.29, 0.717) is 10.7 Å². The van der Waals surface area contributed by atoms with Crippen molar-refractivity contribution in [2.24, 2.45) is 0 Å². The maximum absolute atomic E-state index is 12.5. The van der Waals surface area contributed by atoms with Crippen LogP contribution in [0.5, 0.6) is 5.75 Å². The second kappa shape index (κ2) is 11.3. The van der Waals surface area contributed by atoms with Crippen molar-refractivity contribution in [1.82, 2.24) is 10.2 Å². The summed E-state index contributed by atoms with van der Waals surface area (Å²) in [5.41, 5.74) is 1.38. The van der Waals surface area contributed by atoms with E-state index in [1.807, 2.05) is 12.1 Å². The number of hydrogen-bond donors (Lipinski definition) is 2. The summed E-state index contributed by atoms with van der Waals surface area (Å²) in [6.45, 7) is 8.99. The topological polar surface area (TPSA) is 100.0 Å². The highest BCUT2D eigenvalue weighted by Crippen LogP contribution is 2.30. The second-order valence-corrected chi connectivity index (χ2v) is 8.18. The van der Waals surface area contributed by atoms with Gasteiger partial charge < -0.3 is 19.9 Å². The summed E-state index contributed by atoms with van der Waals surface area (Å²) >= 11 is 11.7. The van der Waals surface area contributed by atoms with Gasteiger partial charge in [0, 0.05) is 43.5 Å². The molecular weight excluding hydrogens is 466 g/mol. The summed E-state index contributed by atoms with van der Waals surface area (Å²) in [6, 6.07) is 9.52. The van der Waals surface area contributed by atoms with E-state index in [2.05, 4.69) is 27.4 Å². The maximum atomic E-state index is 12.5. The molecule has 9 nitrogen and oxygen atoms in total. The summed E-state index contributed by atoms with van der Waals surface area (Å²) in [7, 11) is 0. The smallest absolute Gasteiger partial charge is 0.311 e. The predicted octanol–water partition coefficient (Wildman–Crippen LogP) is 3.92. The Balaban J connectivity index is 1.62. The highest BCUT2D eigenvalue weighted by molar-refractivity contribution is 7.80. The first-order valence-corrected chi connectivity index (χ1v) is 11.4. The lowest BCUT2D eigenvalue weighted by atomic mass is 10.1. The van der Waals surface area contributed by atoms with E-state index in [4.69, 9.17) is 28.6 Å². The van der Waals surface area contributed by atoms with Crippen molar-refractivity contribution >= 4 is 51.9 Å². The van der Waals surface area contributed by atoms with Gasteiger partial charge in [0.2, 0.25) is 0 Å². The Morgan fingerprint density at radius 3 is 2.52 bits per heavy atom. The van der Waals surface area contributed by atoms with Crippen LogP contribution in [0, 0.1) is 10.1 Å². The first kappa shape index (κ1) is 24.7. The van der Waals surface area contributed by atoms with Gasteiger partial charge in [-0.15, -0.1) is 0 Å². The van der Waals surface area contributed by atoms with Gasteiger partial charge in [0.25, 0.3) is 5.91 Å². The standard InChI is InChI=1S/C22H26ClN5O4S/c1-3-26-9-11-27(12-10-26)18-7-6-16(14-17(18)23)24-22(33)25-21(29)15-5-8-20(32-4-2)19(13-15)28(30)31/h5-8,13-14H,3-4,9-12H2,1-2H3,(H2,24,25,29,33). The number of nitro groups is 1. The third-order valence-electron chi connectivity index (χ3n) is 5.31. The molecule has 0 aliphatic carbocycles. The summed E-state index contributed by atoms with van der Waals surface area (Å²) in [5.74, 6) is -0.472. The minimum atomic E-state index is -0.593. The summed E-state index contributed by atoms with van der Waals surface area (Å²) in [4.78, 5) is 27.9. The molecule has 176 valence electrons. The average molecular weight is 492 g/mol. The van der Waals surface area contributed by atoms with Gasteiger partial charge in [-0.25, -0.2) is 0 Å². The molecule has 1 fully saturated rings. The number of benzene rings is 2. The molecule has 2 N–H and O–H groups in total. The zero-order valence-electron chi connectivity index (χ0n) is 18.5. The number of amides is 1. The first-order valence-electron chi connectivity index (χ1n) is 10.6. The third-order valence-corrected chi connectivity index (χ3v) is 5.82. The van der Waals surface area contributed by atoms with E-state index < -0.39 is 10.8 Å². The molecule has 1 saturated heterocycles. The number of piperazine rings is 1. The lowest BCUT2D eigenvalue weighted by Gasteiger charge is -2.36. The Bertz CT molecular complexity index is 1040. The highest BCUT2D eigenvalue weighted by atomic mass is 35.5.